The summed E-state index contributed by atoms with van der Waals surface area (Å²) in [6, 6.07) is 2.66. The van der Waals surface area contributed by atoms with Gasteiger partial charge in [0.2, 0.25) is 0 Å². The van der Waals surface area contributed by atoms with E-state index in [4.69, 9.17) is 0 Å². The Labute approximate surface area is 111 Å². The van der Waals surface area contributed by atoms with E-state index in [1.54, 1.807) is 0 Å². The second kappa shape index (κ2) is 7.80. The zero-order valence-electron chi connectivity index (χ0n) is 10.2. The highest BCUT2D eigenvalue weighted by Crippen LogP contribution is 2.21. The van der Waals surface area contributed by atoms with Crippen LogP contribution >= 0.6 is 15.9 Å². The van der Waals surface area contributed by atoms with Crippen LogP contribution in [0, 0.1) is 11.6 Å². The second-order valence-corrected chi connectivity index (χ2v) is 5.28. The summed E-state index contributed by atoms with van der Waals surface area (Å²) in [7, 11) is 0. The second-order valence-electron chi connectivity index (χ2n) is 4.37. The van der Waals surface area contributed by atoms with Crippen LogP contribution in [0.4, 0.5) is 8.78 Å². The largest absolute Gasteiger partial charge is 0.207 e. The van der Waals surface area contributed by atoms with Gasteiger partial charge in [0, 0.05) is 10.0 Å². The van der Waals surface area contributed by atoms with Crippen molar-refractivity contribution < 1.29 is 8.78 Å². The lowest BCUT2D eigenvalue weighted by Gasteiger charge is -2.05. The van der Waals surface area contributed by atoms with Crippen LogP contribution in [0.5, 0.6) is 0 Å². The smallest absolute Gasteiger partial charge is 0.130 e. The summed E-state index contributed by atoms with van der Waals surface area (Å²) < 4.78 is 27.4. The summed E-state index contributed by atoms with van der Waals surface area (Å²) in [6.45, 7) is 2.17. The Morgan fingerprint density at radius 3 is 2.06 bits per heavy atom. The Morgan fingerprint density at radius 2 is 1.47 bits per heavy atom. The maximum absolute atomic E-state index is 13.5. The van der Waals surface area contributed by atoms with Gasteiger partial charge in [-0.3, -0.25) is 0 Å². The van der Waals surface area contributed by atoms with Gasteiger partial charge in [0.15, 0.2) is 0 Å². The van der Waals surface area contributed by atoms with E-state index in [1.165, 1.54) is 31.4 Å². The van der Waals surface area contributed by atoms with Crippen molar-refractivity contribution in [1.29, 1.82) is 0 Å². The number of halogens is 3. The van der Waals surface area contributed by atoms with Crippen LogP contribution in [0.1, 0.15) is 51.0 Å². The number of benzene rings is 1. The predicted octanol–water partition coefficient (Wildman–Crippen LogP) is 5.63. The van der Waals surface area contributed by atoms with Gasteiger partial charge in [-0.15, -0.1) is 0 Å². The fourth-order valence-electron chi connectivity index (χ4n) is 1.89. The quantitative estimate of drug-likeness (QED) is 0.573. The van der Waals surface area contributed by atoms with E-state index in [2.05, 4.69) is 22.9 Å². The summed E-state index contributed by atoms with van der Waals surface area (Å²) in [6.07, 6.45) is 7.26. The normalized spacial score (nSPS) is 10.8. The van der Waals surface area contributed by atoms with E-state index in [9.17, 15) is 8.78 Å². The van der Waals surface area contributed by atoms with Gasteiger partial charge in [-0.05, 0) is 25.0 Å². The first-order chi connectivity index (χ1) is 8.15. The topological polar surface area (TPSA) is 0 Å². The molecule has 0 aromatic heterocycles. The van der Waals surface area contributed by atoms with Crippen molar-refractivity contribution in [3.8, 4) is 0 Å². The number of hydrogen-bond donors (Lipinski definition) is 0. The van der Waals surface area contributed by atoms with Crippen molar-refractivity contribution in [1.82, 2.24) is 0 Å². The molecule has 1 aromatic rings. The summed E-state index contributed by atoms with van der Waals surface area (Å²) >= 11 is 3.08. The first-order valence-corrected chi connectivity index (χ1v) is 7.08. The Morgan fingerprint density at radius 1 is 0.941 bits per heavy atom. The molecule has 0 N–H and O–H groups in total. The Kier molecular flexibility index (Phi) is 6.71. The van der Waals surface area contributed by atoms with Crippen LogP contribution in [0.15, 0.2) is 16.6 Å². The van der Waals surface area contributed by atoms with Crippen molar-refractivity contribution in [2.24, 2.45) is 0 Å². The monoisotopic (exact) mass is 304 g/mol. The molecule has 0 saturated heterocycles. The van der Waals surface area contributed by atoms with Gasteiger partial charge >= 0.3 is 0 Å². The van der Waals surface area contributed by atoms with Gasteiger partial charge in [0.05, 0.1) is 0 Å². The molecule has 0 nitrogen and oxygen atoms in total. The molecule has 3 heteroatoms. The number of rotatable bonds is 7. The van der Waals surface area contributed by atoms with Crippen molar-refractivity contribution >= 4 is 15.9 Å². The molecule has 0 aliphatic heterocycles. The fourth-order valence-corrected chi connectivity index (χ4v) is 2.29. The molecular formula is C14H19BrF2. The summed E-state index contributed by atoms with van der Waals surface area (Å²) in [5.41, 5.74) is 0.226. The van der Waals surface area contributed by atoms with Gasteiger partial charge < -0.3 is 0 Å². The van der Waals surface area contributed by atoms with Crippen LogP contribution < -0.4 is 0 Å². The third-order valence-corrected chi connectivity index (χ3v) is 3.34. The van der Waals surface area contributed by atoms with Crippen LogP contribution in [0.2, 0.25) is 0 Å². The maximum atomic E-state index is 13.5. The van der Waals surface area contributed by atoms with Crippen molar-refractivity contribution in [3.05, 3.63) is 33.8 Å². The van der Waals surface area contributed by atoms with E-state index in [-0.39, 0.29) is 5.56 Å². The molecule has 0 unspecified atom stereocenters. The molecule has 0 saturated carbocycles. The van der Waals surface area contributed by atoms with E-state index in [0.29, 0.717) is 10.9 Å². The van der Waals surface area contributed by atoms with Gasteiger partial charge in [0.25, 0.3) is 0 Å². The first kappa shape index (κ1) is 14.6. The fraction of sp³-hybridized carbons (Fsp3) is 0.571. The van der Waals surface area contributed by atoms with Crippen LogP contribution in [0.3, 0.4) is 0 Å². The standard InChI is InChI=1S/C14H19BrF2/c1-2-3-4-5-6-7-8-12-13(16)9-11(15)10-14(12)17/h9-10H,2-8H2,1H3. The van der Waals surface area contributed by atoms with Crippen LogP contribution in [-0.4, -0.2) is 0 Å². The van der Waals surface area contributed by atoms with Gasteiger partial charge in [-0.25, -0.2) is 8.78 Å². The van der Waals surface area contributed by atoms with Crippen LogP contribution in [-0.2, 0) is 6.42 Å². The summed E-state index contributed by atoms with van der Waals surface area (Å²) in [5.74, 6) is -0.879. The molecule has 0 aliphatic carbocycles. The Balaban J connectivity index is 2.36. The molecule has 0 radical (unpaired) electrons. The molecule has 96 valence electrons. The Bertz CT molecular complexity index is 327. The molecule has 0 amide bonds. The van der Waals surface area contributed by atoms with E-state index >= 15 is 0 Å². The summed E-state index contributed by atoms with van der Waals surface area (Å²) in [4.78, 5) is 0. The molecule has 1 rings (SSSR count). The third kappa shape index (κ3) is 5.15. The minimum Gasteiger partial charge on any atom is -0.207 e. The highest BCUT2D eigenvalue weighted by atomic mass is 79.9. The molecule has 1 aromatic carbocycles. The van der Waals surface area contributed by atoms with Gasteiger partial charge in [-0.2, -0.15) is 0 Å². The van der Waals surface area contributed by atoms with Crippen molar-refractivity contribution in [2.45, 2.75) is 51.9 Å². The van der Waals surface area contributed by atoms with E-state index in [1.807, 2.05) is 0 Å². The predicted molar refractivity (Wildman–Crippen MR) is 71.1 cm³/mol. The third-order valence-electron chi connectivity index (χ3n) is 2.89. The van der Waals surface area contributed by atoms with Gasteiger partial charge in [0.1, 0.15) is 11.6 Å². The molecule has 17 heavy (non-hydrogen) atoms. The van der Waals surface area contributed by atoms with Crippen molar-refractivity contribution in [2.75, 3.05) is 0 Å². The lowest BCUT2D eigenvalue weighted by atomic mass is 10.0. The Hall–Kier alpha value is -0.440. The zero-order valence-corrected chi connectivity index (χ0v) is 11.8. The average Bonchev–Trinajstić information content (AvgIpc) is 2.26. The zero-order chi connectivity index (χ0) is 12.7. The molecule has 0 aliphatic rings. The maximum Gasteiger partial charge on any atom is 0.130 e. The highest BCUT2D eigenvalue weighted by molar-refractivity contribution is 9.10. The minimum atomic E-state index is -0.439. The SMILES string of the molecule is CCCCCCCCc1c(F)cc(Br)cc1F. The highest BCUT2D eigenvalue weighted by Gasteiger charge is 2.09. The lowest BCUT2D eigenvalue weighted by Crippen LogP contribution is -1.96. The van der Waals surface area contributed by atoms with E-state index in [0.717, 1.165) is 19.3 Å². The average molecular weight is 305 g/mol. The molecule has 0 heterocycles. The van der Waals surface area contributed by atoms with E-state index < -0.39 is 11.6 Å². The lowest BCUT2D eigenvalue weighted by molar-refractivity contribution is 0.537. The minimum absolute atomic E-state index is 0.226. The number of unbranched alkanes of at least 4 members (excludes halogenated alkanes) is 5. The molecular weight excluding hydrogens is 286 g/mol. The van der Waals surface area contributed by atoms with Crippen LogP contribution in [0.25, 0.3) is 0 Å². The molecule has 0 fully saturated rings. The first-order valence-electron chi connectivity index (χ1n) is 6.28. The van der Waals surface area contributed by atoms with Crippen molar-refractivity contribution in [3.63, 3.8) is 0 Å². The molecule has 0 atom stereocenters. The summed E-state index contributed by atoms with van der Waals surface area (Å²) in [5, 5.41) is 0. The molecule has 0 spiro atoms. The van der Waals surface area contributed by atoms with Gasteiger partial charge in [-0.1, -0.05) is 55.0 Å². The molecule has 0 bridgehead atoms. The number of hydrogen-bond acceptors (Lipinski definition) is 0.